The SMILES string of the molecule is O=C(Cc1ccncc1)N1CC[N+]([O-])([C@@H]2c3ccc(Cl)cc3CCc3cc(Br)cnc32)CC1. The Balaban J connectivity index is 1.43. The maximum atomic E-state index is 14.4. The van der Waals surface area contributed by atoms with E-state index >= 15 is 0 Å². The Morgan fingerprint density at radius 1 is 1.12 bits per heavy atom. The molecule has 0 saturated carbocycles. The molecule has 0 spiro atoms. The lowest BCUT2D eigenvalue weighted by atomic mass is 9.95. The molecule has 33 heavy (non-hydrogen) atoms. The van der Waals surface area contributed by atoms with Crippen molar-refractivity contribution in [3.8, 4) is 0 Å². The van der Waals surface area contributed by atoms with Crippen LogP contribution in [0.2, 0.25) is 5.02 Å². The molecule has 1 fully saturated rings. The average molecular weight is 528 g/mol. The summed E-state index contributed by atoms with van der Waals surface area (Å²) in [6, 6.07) is 11.2. The number of aromatic nitrogens is 2. The molecule has 0 unspecified atom stereocenters. The highest BCUT2D eigenvalue weighted by atomic mass is 79.9. The van der Waals surface area contributed by atoms with Gasteiger partial charge in [0.1, 0.15) is 5.69 Å². The van der Waals surface area contributed by atoms with Gasteiger partial charge in [-0.3, -0.25) is 14.8 Å². The highest BCUT2D eigenvalue weighted by Crippen LogP contribution is 2.41. The van der Waals surface area contributed by atoms with Crippen molar-refractivity contribution in [2.45, 2.75) is 25.3 Å². The number of nitrogens with zero attached hydrogens (tertiary/aromatic N) is 4. The Bertz CT molecular complexity index is 1130. The monoisotopic (exact) mass is 526 g/mol. The number of piperazine rings is 1. The molecule has 1 aliphatic heterocycles. The first kappa shape index (κ1) is 22.5. The molecular formula is C25H24BrClN4O2. The lowest BCUT2D eigenvalue weighted by Gasteiger charge is -2.53. The largest absolute Gasteiger partial charge is 0.632 e. The van der Waals surface area contributed by atoms with Gasteiger partial charge in [0.05, 0.1) is 32.6 Å². The van der Waals surface area contributed by atoms with Gasteiger partial charge >= 0.3 is 0 Å². The van der Waals surface area contributed by atoms with Gasteiger partial charge in [-0.15, -0.1) is 0 Å². The Morgan fingerprint density at radius 3 is 2.61 bits per heavy atom. The fraction of sp³-hybridized carbons (Fsp3) is 0.320. The average Bonchev–Trinajstić information content (AvgIpc) is 2.97. The molecule has 170 valence electrons. The van der Waals surface area contributed by atoms with E-state index in [2.05, 4.69) is 27.0 Å². The van der Waals surface area contributed by atoms with Crippen LogP contribution in [0.25, 0.3) is 0 Å². The van der Waals surface area contributed by atoms with Crippen LogP contribution in [0.4, 0.5) is 0 Å². The Kier molecular flexibility index (Phi) is 6.22. The van der Waals surface area contributed by atoms with E-state index in [9.17, 15) is 10.0 Å². The number of halogens is 2. The smallest absolute Gasteiger partial charge is 0.227 e. The van der Waals surface area contributed by atoms with E-state index in [-0.39, 0.29) is 5.91 Å². The molecule has 1 aliphatic carbocycles. The number of hydrogen-bond acceptors (Lipinski definition) is 4. The van der Waals surface area contributed by atoms with Crippen molar-refractivity contribution in [3.05, 3.63) is 97.6 Å². The molecule has 0 radical (unpaired) electrons. The van der Waals surface area contributed by atoms with Crippen LogP contribution >= 0.6 is 27.5 Å². The van der Waals surface area contributed by atoms with Gasteiger partial charge in [-0.2, -0.15) is 0 Å². The van der Waals surface area contributed by atoms with Gasteiger partial charge in [-0.1, -0.05) is 17.7 Å². The summed E-state index contributed by atoms with van der Waals surface area (Å²) >= 11 is 9.83. The van der Waals surface area contributed by atoms with Crippen molar-refractivity contribution in [3.63, 3.8) is 0 Å². The van der Waals surface area contributed by atoms with E-state index in [1.807, 2.05) is 35.2 Å². The Hall–Kier alpha value is -2.32. The zero-order valence-corrected chi connectivity index (χ0v) is 20.4. The van der Waals surface area contributed by atoms with Crippen molar-refractivity contribution < 1.29 is 9.44 Å². The van der Waals surface area contributed by atoms with Gasteiger partial charge in [0, 0.05) is 33.6 Å². The van der Waals surface area contributed by atoms with Crippen LogP contribution in [0, 0.1) is 5.21 Å². The third-order valence-corrected chi connectivity index (χ3v) is 7.38. The molecule has 3 heterocycles. The van der Waals surface area contributed by atoms with E-state index in [0.717, 1.165) is 45.3 Å². The second-order valence-corrected chi connectivity index (χ2v) is 10.1. The van der Waals surface area contributed by atoms with E-state index in [1.165, 1.54) is 0 Å². The number of hydrogen-bond donors (Lipinski definition) is 0. The topological polar surface area (TPSA) is 69.2 Å². The molecule has 5 rings (SSSR count). The Morgan fingerprint density at radius 2 is 1.85 bits per heavy atom. The molecule has 1 atom stereocenters. The number of pyridine rings is 2. The molecular weight excluding hydrogens is 504 g/mol. The standard InChI is InChI=1S/C25H24BrClN4O2/c26-20-14-19-2-1-18-15-21(27)3-4-22(18)25(24(19)29-16-20)31(33)11-9-30(10-12-31)23(32)13-17-5-7-28-8-6-17/h3-8,14-16,25H,1-2,9-13H2/t25-/m1/s1. The van der Waals surface area contributed by atoms with Crippen LogP contribution in [0.5, 0.6) is 0 Å². The number of aryl methyl sites for hydroxylation is 2. The quantitative estimate of drug-likeness (QED) is 0.372. The van der Waals surface area contributed by atoms with E-state index in [1.54, 1.807) is 18.6 Å². The summed E-state index contributed by atoms with van der Waals surface area (Å²) in [6.07, 6.45) is 7.10. The molecule has 0 N–H and O–H groups in total. The van der Waals surface area contributed by atoms with Gasteiger partial charge in [-0.25, -0.2) is 0 Å². The third kappa shape index (κ3) is 4.55. The summed E-state index contributed by atoms with van der Waals surface area (Å²) in [7, 11) is 0. The summed E-state index contributed by atoms with van der Waals surface area (Å²) in [4.78, 5) is 23.4. The fourth-order valence-corrected chi connectivity index (χ4v) is 5.56. The molecule has 3 aromatic rings. The normalized spacial score (nSPS) is 19.4. The van der Waals surface area contributed by atoms with Crippen LogP contribution in [0.1, 0.15) is 34.0 Å². The van der Waals surface area contributed by atoms with Crippen LogP contribution in [0.15, 0.2) is 59.5 Å². The van der Waals surface area contributed by atoms with Crippen molar-refractivity contribution in [1.29, 1.82) is 0 Å². The lowest BCUT2D eigenvalue weighted by Crippen LogP contribution is -2.59. The van der Waals surface area contributed by atoms with Crippen LogP contribution in [-0.2, 0) is 24.1 Å². The van der Waals surface area contributed by atoms with Crippen molar-refractivity contribution >= 4 is 33.4 Å². The summed E-state index contributed by atoms with van der Waals surface area (Å²) in [6.45, 7) is 1.51. The second-order valence-electron chi connectivity index (χ2n) is 8.76. The highest BCUT2D eigenvalue weighted by Gasteiger charge is 2.40. The van der Waals surface area contributed by atoms with Crippen LogP contribution < -0.4 is 0 Å². The van der Waals surface area contributed by atoms with Crippen molar-refractivity contribution in [1.82, 2.24) is 14.9 Å². The third-order valence-electron chi connectivity index (χ3n) is 6.72. The first-order chi connectivity index (χ1) is 15.9. The zero-order valence-electron chi connectivity index (χ0n) is 18.1. The minimum atomic E-state index is -0.430. The Labute approximate surface area is 206 Å². The number of rotatable bonds is 3. The summed E-state index contributed by atoms with van der Waals surface area (Å²) in [5, 5.41) is 15.0. The molecule has 2 aromatic heterocycles. The van der Waals surface area contributed by atoms with Gasteiger partial charge in [0.25, 0.3) is 0 Å². The number of quaternary nitrogens is 1. The molecule has 2 aliphatic rings. The maximum Gasteiger partial charge on any atom is 0.227 e. The number of carbonyl (C=O) groups excluding carboxylic acids is 1. The number of fused-ring (bicyclic) bond motifs is 2. The van der Waals surface area contributed by atoms with Gasteiger partial charge < -0.3 is 14.8 Å². The summed E-state index contributed by atoms with van der Waals surface area (Å²) in [5.74, 6) is 0.0444. The van der Waals surface area contributed by atoms with Crippen molar-refractivity contribution in [2.75, 3.05) is 26.2 Å². The first-order valence-electron chi connectivity index (χ1n) is 11.1. The van der Waals surface area contributed by atoms with Crippen LogP contribution in [-0.4, -0.2) is 51.6 Å². The van der Waals surface area contributed by atoms with Gasteiger partial charge in [0.15, 0.2) is 6.04 Å². The fourth-order valence-electron chi connectivity index (χ4n) is 4.99. The predicted molar refractivity (Wildman–Crippen MR) is 131 cm³/mol. The van der Waals surface area contributed by atoms with Crippen molar-refractivity contribution in [2.24, 2.45) is 0 Å². The lowest BCUT2D eigenvalue weighted by molar-refractivity contribution is -0.909. The minimum absolute atomic E-state index is 0.0444. The molecule has 8 heteroatoms. The molecule has 6 nitrogen and oxygen atoms in total. The zero-order chi connectivity index (χ0) is 23.0. The highest BCUT2D eigenvalue weighted by molar-refractivity contribution is 9.10. The van der Waals surface area contributed by atoms with Crippen LogP contribution in [0.3, 0.4) is 0 Å². The van der Waals surface area contributed by atoms with Gasteiger partial charge in [-0.05, 0) is 75.8 Å². The number of benzene rings is 1. The maximum absolute atomic E-state index is 14.4. The molecule has 1 saturated heterocycles. The number of amides is 1. The number of carbonyl (C=O) groups is 1. The second kappa shape index (κ2) is 9.14. The van der Waals surface area contributed by atoms with Gasteiger partial charge in [0.2, 0.25) is 5.91 Å². The van der Waals surface area contributed by atoms with E-state index < -0.39 is 10.7 Å². The number of hydroxylamine groups is 3. The van der Waals surface area contributed by atoms with E-state index in [4.69, 9.17) is 16.6 Å². The minimum Gasteiger partial charge on any atom is -0.632 e. The predicted octanol–water partition coefficient (Wildman–Crippen LogP) is 4.48. The molecule has 1 amide bonds. The first-order valence-corrected chi connectivity index (χ1v) is 12.3. The summed E-state index contributed by atoms with van der Waals surface area (Å²) in [5.41, 5.74) is 4.96. The molecule has 1 aromatic carbocycles. The summed E-state index contributed by atoms with van der Waals surface area (Å²) < 4.78 is 0.489. The molecule has 0 bridgehead atoms. The van der Waals surface area contributed by atoms with E-state index in [0.29, 0.717) is 37.6 Å².